The molecule has 0 unspecified atom stereocenters. The van der Waals surface area contributed by atoms with Crippen molar-refractivity contribution in [2.24, 2.45) is 5.92 Å². The van der Waals surface area contributed by atoms with Crippen molar-refractivity contribution in [3.05, 3.63) is 138 Å². The molecule has 0 amide bonds. The highest BCUT2D eigenvalue weighted by Gasteiger charge is 2.22. The van der Waals surface area contributed by atoms with Gasteiger partial charge < -0.3 is 4.57 Å². The number of para-hydroxylation sites is 1. The summed E-state index contributed by atoms with van der Waals surface area (Å²) in [5, 5.41) is 10.7. The predicted molar refractivity (Wildman–Crippen MR) is 195 cm³/mol. The first-order chi connectivity index (χ1) is 22.3. The summed E-state index contributed by atoms with van der Waals surface area (Å²) in [6.07, 6.45) is 7.95. The molecular weight excluding hydrogens is 560 g/mol. The second kappa shape index (κ2) is 12.8. The van der Waals surface area contributed by atoms with Crippen LogP contribution in [-0.2, 0) is 11.8 Å². The van der Waals surface area contributed by atoms with Crippen molar-refractivity contribution in [2.45, 2.75) is 60.3 Å². The summed E-state index contributed by atoms with van der Waals surface area (Å²) in [5.74, 6) is 2.13. The number of benzene rings is 4. The van der Waals surface area contributed by atoms with Crippen LogP contribution >= 0.6 is 0 Å². The third-order valence-electron chi connectivity index (χ3n) is 8.71. The van der Waals surface area contributed by atoms with E-state index in [0.29, 0.717) is 5.92 Å². The summed E-state index contributed by atoms with van der Waals surface area (Å²) in [5.41, 5.74) is 10.9. The molecule has 0 atom stereocenters. The first kappa shape index (κ1) is 31.0. The first-order valence-electron chi connectivity index (χ1n) is 16.5. The number of allylic oxidation sites excluding steroid dienone is 3. The molecule has 1 aliphatic rings. The van der Waals surface area contributed by atoms with Crippen LogP contribution in [0.5, 0.6) is 0 Å². The van der Waals surface area contributed by atoms with Gasteiger partial charge in [-0.25, -0.2) is 0 Å². The van der Waals surface area contributed by atoms with E-state index in [1.807, 2.05) is 38.1 Å². The molecular formula is C42H44N4. The largest absolute Gasteiger partial charge is 0.310 e. The minimum absolute atomic E-state index is 0.0810. The number of hydrogen-bond acceptors (Lipinski definition) is 2. The maximum atomic E-state index is 4.71. The molecule has 232 valence electrons. The fourth-order valence-corrected chi connectivity index (χ4v) is 6.23. The molecule has 7 rings (SSSR count). The lowest BCUT2D eigenvalue weighted by Gasteiger charge is -2.19. The van der Waals surface area contributed by atoms with Crippen molar-refractivity contribution in [1.29, 1.82) is 0 Å². The lowest BCUT2D eigenvalue weighted by molar-refractivity contribution is 0.591. The van der Waals surface area contributed by atoms with E-state index in [9.17, 15) is 0 Å². The highest BCUT2D eigenvalue weighted by molar-refractivity contribution is 5.91. The van der Waals surface area contributed by atoms with E-state index in [-0.39, 0.29) is 5.41 Å². The maximum Gasteiger partial charge on any atom is 0.168 e. The van der Waals surface area contributed by atoms with E-state index >= 15 is 0 Å². The third-order valence-corrected chi connectivity index (χ3v) is 8.71. The lowest BCUT2D eigenvalue weighted by atomic mass is 9.86. The van der Waals surface area contributed by atoms with Crippen molar-refractivity contribution in [2.75, 3.05) is 0 Å². The minimum Gasteiger partial charge on any atom is -0.310 e. The fourth-order valence-electron chi connectivity index (χ4n) is 6.23. The van der Waals surface area contributed by atoms with Crippen molar-refractivity contribution in [1.82, 2.24) is 19.3 Å². The molecule has 46 heavy (non-hydrogen) atoms. The number of rotatable bonds is 5. The highest BCUT2D eigenvalue weighted by Crippen LogP contribution is 2.37. The van der Waals surface area contributed by atoms with Gasteiger partial charge in [0.15, 0.2) is 11.6 Å². The molecule has 0 fully saturated rings. The van der Waals surface area contributed by atoms with Crippen LogP contribution < -0.4 is 0 Å². The standard InChI is InChI=1S/C40H38N4.C2H6/c1-27(2)28-18-23-34-35-26-31(40(3,4)5)20-25-37(35)43(36(34)24-19-28)33-21-16-30(17-22-33)39-42-41-38(29-12-8-6-9-13-29)44(39)32-14-10-7-11-15-32;1-2/h6-22,24-27H,23H2,1-5H3;1-2H3. The van der Waals surface area contributed by atoms with Crippen LogP contribution in [0.2, 0.25) is 0 Å². The maximum absolute atomic E-state index is 4.71. The van der Waals surface area contributed by atoms with Crippen molar-refractivity contribution in [3.63, 3.8) is 0 Å². The van der Waals surface area contributed by atoms with Gasteiger partial charge in [-0.1, -0.05) is 115 Å². The van der Waals surface area contributed by atoms with E-state index in [1.165, 1.54) is 33.3 Å². The Morgan fingerprint density at radius 2 is 1.24 bits per heavy atom. The van der Waals surface area contributed by atoms with Gasteiger partial charge in [0.1, 0.15) is 0 Å². The van der Waals surface area contributed by atoms with Crippen LogP contribution in [0.4, 0.5) is 0 Å². The summed E-state index contributed by atoms with van der Waals surface area (Å²) in [6, 6.07) is 36.4. The molecule has 4 heteroatoms. The van der Waals surface area contributed by atoms with Crippen LogP contribution in [-0.4, -0.2) is 19.3 Å². The average molecular weight is 605 g/mol. The second-order valence-electron chi connectivity index (χ2n) is 13.0. The Hall–Kier alpha value is -4.96. The molecule has 0 saturated carbocycles. The predicted octanol–water partition coefficient (Wildman–Crippen LogP) is 11.0. The Morgan fingerprint density at radius 3 is 1.85 bits per heavy atom. The summed E-state index contributed by atoms with van der Waals surface area (Å²) in [7, 11) is 0. The summed E-state index contributed by atoms with van der Waals surface area (Å²) in [6.45, 7) is 15.4. The zero-order valence-corrected chi connectivity index (χ0v) is 28.1. The molecule has 2 heterocycles. The quantitative estimate of drug-likeness (QED) is 0.196. The molecule has 0 radical (unpaired) electrons. The molecule has 0 N–H and O–H groups in total. The van der Waals surface area contributed by atoms with Crippen molar-refractivity contribution < 1.29 is 0 Å². The number of aromatic nitrogens is 4. The fraction of sp³-hybridized carbons (Fsp3) is 0.238. The van der Waals surface area contributed by atoms with E-state index in [2.05, 4.69) is 146 Å². The monoisotopic (exact) mass is 604 g/mol. The van der Waals surface area contributed by atoms with Crippen molar-refractivity contribution >= 4 is 17.0 Å². The van der Waals surface area contributed by atoms with Gasteiger partial charge in [-0.2, -0.15) is 0 Å². The normalized spacial score (nSPS) is 12.8. The lowest BCUT2D eigenvalue weighted by Crippen LogP contribution is -2.10. The van der Waals surface area contributed by atoms with Gasteiger partial charge in [0.2, 0.25) is 0 Å². The van der Waals surface area contributed by atoms with Crippen LogP contribution in [0.1, 0.15) is 65.3 Å². The van der Waals surface area contributed by atoms with Gasteiger partial charge in [0.05, 0.1) is 11.2 Å². The zero-order valence-electron chi connectivity index (χ0n) is 28.1. The van der Waals surface area contributed by atoms with E-state index in [0.717, 1.165) is 40.6 Å². The summed E-state index contributed by atoms with van der Waals surface area (Å²) >= 11 is 0. The van der Waals surface area contributed by atoms with Gasteiger partial charge in [-0.05, 0) is 89.1 Å². The first-order valence-corrected chi connectivity index (χ1v) is 16.5. The van der Waals surface area contributed by atoms with Gasteiger partial charge in [-0.15, -0.1) is 10.2 Å². The molecule has 4 nitrogen and oxygen atoms in total. The van der Waals surface area contributed by atoms with E-state index in [4.69, 9.17) is 5.10 Å². The molecule has 4 aromatic carbocycles. The summed E-state index contributed by atoms with van der Waals surface area (Å²) in [4.78, 5) is 0. The molecule has 2 aromatic heterocycles. The van der Waals surface area contributed by atoms with Gasteiger partial charge >= 0.3 is 0 Å². The zero-order chi connectivity index (χ0) is 32.4. The molecule has 0 aliphatic heterocycles. The van der Waals surface area contributed by atoms with Gasteiger partial charge in [0.25, 0.3) is 0 Å². The van der Waals surface area contributed by atoms with E-state index < -0.39 is 0 Å². The Bertz CT molecular complexity index is 2010. The average Bonchev–Trinajstić information content (AvgIpc) is 3.57. The minimum atomic E-state index is 0.0810. The van der Waals surface area contributed by atoms with E-state index in [1.54, 1.807) is 0 Å². The van der Waals surface area contributed by atoms with Crippen LogP contribution in [0.3, 0.4) is 0 Å². The highest BCUT2D eigenvalue weighted by atomic mass is 15.3. The number of fused-ring (bicyclic) bond motifs is 3. The Labute approximate surface area is 273 Å². The van der Waals surface area contributed by atoms with Crippen LogP contribution in [0.15, 0.2) is 121 Å². The molecule has 6 aromatic rings. The topological polar surface area (TPSA) is 35.6 Å². The molecule has 0 spiro atoms. The van der Waals surface area contributed by atoms with Crippen molar-refractivity contribution in [3.8, 4) is 34.2 Å². The van der Waals surface area contributed by atoms with Crippen LogP contribution in [0, 0.1) is 5.92 Å². The molecule has 0 saturated heterocycles. The molecule has 1 aliphatic carbocycles. The van der Waals surface area contributed by atoms with Gasteiger partial charge in [-0.3, -0.25) is 4.57 Å². The number of nitrogens with zero attached hydrogens (tertiary/aromatic N) is 4. The Kier molecular flexibility index (Phi) is 8.64. The third kappa shape index (κ3) is 5.76. The van der Waals surface area contributed by atoms with Crippen LogP contribution in [0.25, 0.3) is 51.1 Å². The second-order valence-corrected chi connectivity index (χ2v) is 13.0. The van der Waals surface area contributed by atoms with Gasteiger partial charge in [0, 0.05) is 27.9 Å². The summed E-state index contributed by atoms with van der Waals surface area (Å²) < 4.78 is 4.57. The number of hydrogen-bond donors (Lipinski definition) is 0. The SMILES string of the molecule is CC.CC(C)C1=CCc2c(n(-c3ccc(-c4nnc(-c5ccccc5)n4-c4ccccc4)cc3)c3ccc(C(C)(C)C)cc23)C=C1. The Balaban J connectivity index is 0.00000182. The molecule has 0 bridgehead atoms. The smallest absolute Gasteiger partial charge is 0.168 e. The Morgan fingerprint density at radius 1 is 0.652 bits per heavy atom.